The topological polar surface area (TPSA) is 128 Å². The zero-order valence-electron chi connectivity index (χ0n) is 18.8. The van der Waals surface area contributed by atoms with Crippen LogP contribution in [0.1, 0.15) is 12.0 Å². The summed E-state index contributed by atoms with van der Waals surface area (Å²) in [4.78, 5) is 39.0. The van der Waals surface area contributed by atoms with Gasteiger partial charge >= 0.3 is 0 Å². The van der Waals surface area contributed by atoms with Crippen molar-refractivity contribution in [2.75, 3.05) is 44.9 Å². The third-order valence-electron chi connectivity index (χ3n) is 5.22. The number of anilines is 4. The van der Waals surface area contributed by atoms with E-state index in [1.165, 1.54) is 12.1 Å². The van der Waals surface area contributed by atoms with Gasteiger partial charge in [0.05, 0.1) is 16.7 Å². The third kappa shape index (κ3) is 5.73. The quantitative estimate of drug-likeness (QED) is 0.174. The van der Waals surface area contributed by atoms with Crippen LogP contribution in [0.25, 0.3) is 0 Å². The normalized spacial score (nSPS) is 11.3. The molecule has 0 aliphatic carbocycles. The lowest BCUT2D eigenvalue weighted by Gasteiger charge is -2.21. The van der Waals surface area contributed by atoms with Crippen molar-refractivity contribution in [3.8, 4) is 5.75 Å². The van der Waals surface area contributed by atoms with Crippen molar-refractivity contribution >= 4 is 28.4 Å². The monoisotopic (exact) mass is 453 g/mol. The second kappa shape index (κ2) is 10.2. The van der Waals surface area contributed by atoms with Crippen molar-refractivity contribution < 1.29 is 10.0 Å². The number of nitro groups is 1. The number of phenols is 1. The number of non-ortho nitro benzene ring substituents is 1. The summed E-state index contributed by atoms with van der Waals surface area (Å²) in [6.45, 7) is 2.54. The summed E-state index contributed by atoms with van der Waals surface area (Å²) < 4.78 is 0. The van der Waals surface area contributed by atoms with Crippen LogP contribution in [0.2, 0.25) is 0 Å². The Labute approximate surface area is 190 Å². The molecule has 3 aromatic rings. The van der Waals surface area contributed by atoms with E-state index >= 15 is 0 Å². The summed E-state index contributed by atoms with van der Waals surface area (Å²) in [5, 5.41) is 26.7. The van der Waals surface area contributed by atoms with Gasteiger partial charge in [-0.3, -0.25) is 19.7 Å². The maximum Gasteiger partial charge on any atom is 0.273 e. The molecule has 10 heteroatoms. The summed E-state index contributed by atoms with van der Waals surface area (Å²) >= 11 is 0. The van der Waals surface area contributed by atoms with E-state index in [-0.39, 0.29) is 22.7 Å². The lowest BCUT2D eigenvalue weighted by Crippen LogP contribution is -2.36. The van der Waals surface area contributed by atoms with Crippen molar-refractivity contribution in [1.29, 1.82) is 0 Å². The molecule has 0 bridgehead atoms. The number of nitro benzene ring substituents is 1. The van der Waals surface area contributed by atoms with Gasteiger partial charge < -0.3 is 25.5 Å². The first-order valence-corrected chi connectivity index (χ1v) is 10.4. The molecule has 174 valence electrons. The van der Waals surface area contributed by atoms with Crippen LogP contribution in [-0.4, -0.2) is 54.1 Å². The van der Waals surface area contributed by atoms with Crippen LogP contribution < -0.4 is 21.5 Å². The molecular formula is C23H27N5O5. The highest BCUT2D eigenvalue weighted by Crippen LogP contribution is 2.32. The number of para-hydroxylation sites is 1. The highest BCUT2D eigenvalue weighted by Gasteiger charge is 2.23. The van der Waals surface area contributed by atoms with Gasteiger partial charge in [0.2, 0.25) is 0 Å². The Hall–Kier alpha value is -3.76. The maximum absolute atomic E-state index is 12.3. The predicted molar refractivity (Wildman–Crippen MR) is 129 cm³/mol. The average molecular weight is 453 g/mol. The molecule has 0 fully saturated rings. The molecule has 0 heterocycles. The zero-order chi connectivity index (χ0) is 24.1. The summed E-state index contributed by atoms with van der Waals surface area (Å²) in [5.41, 5.74) is 0.136. The van der Waals surface area contributed by atoms with Gasteiger partial charge in [-0.15, -0.1) is 0 Å². The molecule has 0 aromatic heterocycles. The van der Waals surface area contributed by atoms with Crippen LogP contribution in [0.3, 0.4) is 0 Å². The Balaban J connectivity index is 1.77. The Morgan fingerprint density at radius 1 is 0.939 bits per heavy atom. The molecule has 3 rings (SSSR count). The molecular weight excluding hydrogens is 426 g/mol. The maximum atomic E-state index is 12.3. The molecule has 10 nitrogen and oxygen atoms in total. The number of nitrogens with zero attached hydrogens (tertiary/aromatic N) is 3. The molecule has 3 aromatic carbocycles. The molecule has 0 saturated heterocycles. The van der Waals surface area contributed by atoms with Crippen molar-refractivity contribution in [3.05, 3.63) is 78.6 Å². The number of hydrogen-bond donors (Lipinski definition) is 3. The number of rotatable bonds is 11. The van der Waals surface area contributed by atoms with Crippen LogP contribution in [0.15, 0.2) is 52.1 Å². The first-order valence-electron chi connectivity index (χ1n) is 10.4. The highest BCUT2D eigenvalue weighted by molar-refractivity contribution is 5.84. The standard InChI is InChI=1S/C23H27N5O5/c1-26(2)11-6-12-27(3)14-15-7-4-5-8-17(15)24-20-21(23(31)22(20)30)25-18-10-9-16(28(32)33)13-19(18)29/h4-5,7-10,13,24-25,29H,6,11-12,14H2,1-3H3. The Kier molecular flexibility index (Phi) is 7.41. The Bertz CT molecular complexity index is 1220. The summed E-state index contributed by atoms with van der Waals surface area (Å²) in [6, 6.07) is 11.0. The molecule has 0 radical (unpaired) electrons. The van der Waals surface area contributed by atoms with Gasteiger partial charge in [0.25, 0.3) is 16.5 Å². The second-order valence-electron chi connectivity index (χ2n) is 8.17. The van der Waals surface area contributed by atoms with Crippen LogP contribution >= 0.6 is 0 Å². The van der Waals surface area contributed by atoms with Gasteiger partial charge in [-0.05, 0) is 58.3 Å². The summed E-state index contributed by atoms with van der Waals surface area (Å²) in [5.74, 6) is -0.400. The van der Waals surface area contributed by atoms with Crippen LogP contribution in [0.4, 0.5) is 28.4 Å². The second-order valence-corrected chi connectivity index (χ2v) is 8.17. The van der Waals surface area contributed by atoms with Crippen molar-refractivity contribution in [3.63, 3.8) is 0 Å². The molecule has 0 atom stereocenters. The molecule has 33 heavy (non-hydrogen) atoms. The first-order chi connectivity index (χ1) is 15.7. The average Bonchev–Trinajstić information content (AvgIpc) is 2.77. The van der Waals surface area contributed by atoms with E-state index in [1.807, 2.05) is 45.4 Å². The molecule has 0 amide bonds. The van der Waals surface area contributed by atoms with E-state index in [2.05, 4.69) is 20.4 Å². The SMILES string of the molecule is CN(C)CCCN(C)Cc1ccccc1Nc1c(Nc2ccc([N+](=O)[O-])cc2O)c(=O)c1=O. The third-order valence-corrected chi connectivity index (χ3v) is 5.22. The van der Waals surface area contributed by atoms with Gasteiger partial charge in [0, 0.05) is 18.3 Å². The fourth-order valence-electron chi connectivity index (χ4n) is 3.45. The molecule has 0 aliphatic rings. The summed E-state index contributed by atoms with van der Waals surface area (Å²) in [7, 11) is 6.09. The van der Waals surface area contributed by atoms with Gasteiger partial charge in [0.1, 0.15) is 17.1 Å². The van der Waals surface area contributed by atoms with E-state index in [0.29, 0.717) is 12.2 Å². The predicted octanol–water partition coefficient (Wildman–Crippen LogP) is 2.77. The number of phenolic OH excluding ortho intramolecular Hbond substituents is 1. The lowest BCUT2D eigenvalue weighted by molar-refractivity contribution is -0.384. The molecule has 0 unspecified atom stereocenters. The minimum atomic E-state index is -0.728. The van der Waals surface area contributed by atoms with Crippen LogP contribution in [0, 0.1) is 10.1 Å². The zero-order valence-corrected chi connectivity index (χ0v) is 18.8. The lowest BCUT2D eigenvalue weighted by atomic mass is 10.1. The van der Waals surface area contributed by atoms with Crippen molar-refractivity contribution in [1.82, 2.24) is 9.80 Å². The largest absolute Gasteiger partial charge is 0.506 e. The van der Waals surface area contributed by atoms with E-state index < -0.39 is 21.5 Å². The first kappa shape index (κ1) is 23.9. The molecule has 0 saturated carbocycles. The minimum absolute atomic E-state index is 0.00158. The number of benzene rings is 2. The number of aromatic hydroxyl groups is 1. The smallest absolute Gasteiger partial charge is 0.273 e. The number of hydrogen-bond acceptors (Lipinski definition) is 9. The van der Waals surface area contributed by atoms with Crippen molar-refractivity contribution in [2.45, 2.75) is 13.0 Å². The van der Waals surface area contributed by atoms with E-state index in [1.54, 1.807) is 0 Å². The van der Waals surface area contributed by atoms with Crippen LogP contribution in [0.5, 0.6) is 5.75 Å². The highest BCUT2D eigenvalue weighted by atomic mass is 16.6. The van der Waals surface area contributed by atoms with E-state index in [4.69, 9.17) is 0 Å². The van der Waals surface area contributed by atoms with Crippen molar-refractivity contribution in [2.24, 2.45) is 0 Å². The fourth-order valence-corrected chi connectivity index (χ4v) is 3.45. The number of nitrogens with one attached hydrogen (secondary N) is 2. The fraction of sp³-hybridized carbons (Fsp3) is 0.304. The Morgan fingerprint density at radius 2 is 1.58 bits per heavy atom. The minimum Gasteiger partial charge on any atom is -0.506 e. The van der Waals surface area contributed by atoms with Crippen LogP contribution in [-0.2, 0) is 6.54 Å². The van der Waals surface area contributed by atoms with Gasteiger partial charge in [0.15, 0.2) is 0 Å². The molecule has 0 spiro atoms. The van der Waals surface area contributed by atoms with Gasteiger partial charge in [-0.1, -0.05) is 18.2 Å². The van der Waals surface area contributed by atoms with Gasteiger partial charge in [-0.2, -0.15) is 0 Å². The molecule has 3 N–H and O–H groups in total. The van der Waals surface area contributed by atoms with Gasteiger partial charge in [-0.25, -0.2) is 0 Å². The molecule has 0 aliphatic heterocycles. The summed E-state index contributed by atoms with van der Waals surface area (Å²) in [6.07, 6.45) is 1.02. The van der Waals surface area contributed by atoms with E-state index in [0.717, 1.165) is 31.1 Å². The van der Waals surface area contributed by atoms with E-state index in [9.17, 15) is 24.8 Å². The Morgan fingerprint density at radius 3 is 2.18 bits per heavy atom.